The second-order valence-corrected chi connectivity index (χ2v) is 6.62. The van der Waals surface area contributed by atoms with Gasteiger partial charge in [0, 0.05) is 10.4 Å². The fourth-order valence-corrected chi connectivity index (χ4v) is 3.01. The van der Waals surface area contributed by atoms with Crippen molar-refractivity contribution in [3.8, 4) is 5.69 Å². The van der Waals surface area contributed by atoms with E-state index in [9.17, 15) is 23.9 Å². The van der Waals surface area contributed by atoms with E-state index in [2.05, 4.69) is 10.4 Å². The van der Waals surface area contributed by atoms with Crippen molar-refractivity contribution in [2.75, 3.05) is 5.32 Å². The van der Waals surface area contributed by atoms with Crippen LogP contribution in [0.2, 0.25) is 5.02 Å². The zero-order chi connectivity index (χ0) is 21.4. The first kappa shape index (κ1) is 19.3. The molecule has 10 heteroatoms. The molecule has 2 N–H and O–H groups in total. The van der Waals surface area contributed by atoms with Crippen molar-refractivity contribution in [1.82, 2.24) is 9.78 Å². The molecule has 0 aliphatic rings. The third kappa shape index (κ3) is 3.53. The van der Waals surface area contributed by atoms with Crippen LogP contribution < -0.4 is 10.9 Å². The zero-order valence-electron chi connectivity index (χ0n) is 14.9. The monoisotopic (exact) mass is 427 g/mol. The van der Waals surface area contributed by atoms with Crippen molar-refractivity contribution >= 4 is 40.3 Å². The minimum absolute atomic E-state index is 0.204. The van der Waals surface area contributed by atoms with Gasteiger partial charge in [0.1, 0.15) is 22.5 Å². The molecule has 0 bridgehead atoms. The number of rotatable bonds is 4. The molecule has 8 nitrogen and oxygen atoms in total. The summed E-state index contributed by atoms with van der Waals surface area (Å²) in [6.45, 7) is 0. The number of hydrogen-bond acceptors (Lipinski definition) is 5. The number of halogens is 2. The third-order valence-electron chi connectivity index (χ3n) is 4.24. The Bertz CT molecular complexity index is 1360. The van der Waals surface area contributed by atoms with Gasteiger partial charge < -0.3 is 14.8 Å². The fourth-order valence-electron chi connectivity index (χ4n) is 2.83. The molecule has 0 saturated carbocycles. The fraction of sp³-hybridized carbons (Fsp3) is 0. The molecule has 0 fully saturated rings. The molecule has 30 heavy (non-hydrogen) atoms. The molecule has 4 rings (SSSR count). The molecule has 0 atom stereocenters. The topological polar surface area (TPSA) is 114 Å². The van der Waals surface area contributed by atoms with E-state index in [1.54, 1.807) is 0 Å². The van der Waals surface area contributed by atoms with Gasteiger partial charge in [0.2, 0.25) is 0 Å². The minimum Gasteiger partial charge on any atom is -0.477 e. The first-order chi connectivity index (χ1) is 14.3. The van der Waals surface area contributed by atoms with Crippen molar-refractivity contribution in [1.29, 1.82) is 0 Å². The van der Waals surface area contributed by atoms with Gasteiger partial charge in [-0.2, -0.15) is 5.10 Å². The van der Waals surface area contributed by atoms with E-state index in [1.807, 2.05) is 0 Å². The highest BCUT2D eigenvalue weighted by Crippen LogP contribution is 2.23. The normalized spacial score (nSPS) is 10.9. The predicted octanol–water partition coefficient (Wildman–Crippen LogP) is 3.72. The number of carbonyl (C=O) groups is 2. The largest absolute Gasteiger partial charge is 0.477 e. The van der Waals surface area contributed by atoms with Gasteiger partial charge >= 0.3 is 11.6 Å². The summed E-state index contributed by atoms with van der Waals surface area (Å²) in [4.78, 5) is 36.6. The van der Waals surface area contributed by atoms with Gasteiger partial charge in [-0.1, -0.05) is 11.6 Å². The summed E-state index contributed by atoms with van der Waals surface area (Å²) in [5, 5.41) is 16.5. The minimum atomic E-state index is -1.35. The van der Waals surface area contributed by atoms with Crippen LogP contribution in [0.15, 0.2) is 63.9 Å². The summed E-state index contributed by atoms with van der Waals surface area (Å²) in [6, 6.07) is 10.9. The molecule has 0 saturated heterocycles. The maximum absolute atomic E-state index is 13.2. The molecular weight excluding hydrogens is 417 g/mol. The molecule has 2 heterocycles. The Hall–Kier alpha value is -3.98. The molecule has 0 aliphatic carbocycles. The van der Waals surface area contributed by atoms with E-state index < -0.39 is 23.3 Å². The molecule has 4 aromatic rings. The summed E-state index contributed by atoms with van der Waals surface area (Å²) in [5.74, 6) is -2.96. The second kappa shape index (κ2) is 7.45. The maximum atomic E-state index is 13.2. The number of aromatic carboxylic acids is 1. The van der Waals surface area contributed by atoms with Crippen molar-refractivity contribution in [3.05, 3.63) is 87.1 Å². The van der Waals surface area contributed by atoms with Crippen molar-refractivity contribution < 1.29 is 23.5 Å². The first-order valence-electron chi connectivity index (χ1n) is 8.45. The van der Waals surface area contributed by atoms with Gasteiger partial charge in [-0.3, -0.25) is 4.79 Å². The number of nitrogens with zero attached hydrogens (tertiary/aromatic N) is 2. The van der Waals surface area contributed by atoms with Crippen LogP contribution in [0.25, 0.3) is 16.7 Å². The second-order valence-electron chi connectivity index (χ2n) is 6.18. The van der Waals surface area contributed by atoms with Gasteiger partial charge in [0.15, 0.2) is 5.82 Å². The SMILES string of the molecule is O=C(O)c1cnn(-c2ccc(F)cc2)c1NC(=O)c1cc2cc(Cl)ccc2oc1=O. The van der Waals surface area contributed by atoms with Crippen LogP contribution in [0.5, 0.6) is 0 Å². The quantitative estimate of drug-likeness (QED) is 0.480. The van der Waals surface area contributed by atoms with Crippen LogP contribution in [-0.2, 0) is 0 Å². The number of nitrogens with one attached hydrogen (secondary N) is 1. The van der Waals surface area contributed by atoms with Gasteiger partial charge in [0.05, 0.1) is 11.9 Å². The van der Waals surface area contributed by atoms with Gasteiger partial charge in [-0.05, 0) is 48.5 Å². The van der Waals surface area contributed by atoms with Crippen LogP contribution in [-0.4, -0.2) is 26.8 Å². The lowest BCUT2D eigenvalue weighted by molar-refractivity contribution is 0.0698. The Morgan fingerprint density at radius 3 is 2.53 bits per heavy atom. The lowest BCUT2D eigenvalue weighted by atomic mass is 10.1. The number of benzene rings is 2. The predicted molar refractivity (Wildman–Crippen MR) is 106 cm³/mol. The number of carboxylic acid groups (broad SMARTS) is 1. The summed E-state index contributed by atoms with van der Waals surface area (Å²) in [6.07, 6.45) is 1.03. The molecule has 2 aromatic heterocycles. The van der Waals surface area contributed by atoms with Gasteiger partial charge in [0.25, 0.3) is 5.91 Å². The Morgan fingerprint density at radius 1 is 1.10 bits per heavy atom. The van der Waals surface area contributed by atoms with E-state index in [1.165, 1.54) is 36.4 Å². The number of carboxylic acids is 1. The molecule has 0 unspecified atom stereocenters. The van der Waals surface area contributed by atoms with Crippen LogP contribution in [0.3, 0.4) is 0 Å². The van der Waals surface area contributed by atoms with Crippen LogP contribution in [0.4, 0.5) is 10.2 Å². The van der Waals surface area contributed by atoms with E-state index in [4.69, 9.17) is 16.0 Å². The van der Waals surface area contributed by atoms with Crippen molar-refractivity contribution in [2.45, 2.75) is 0 Å². The first-order valence-corrected chi connectivity index (χ1v) is 8.83. The van der Waals surface area contributed by atoms with E-state index >= 15 is 0 Å². The highest BCUT2D eigenvalue weighted by atomic mass is 35.5. The number of hydrogen-bond donors (Lipinski definition) is 2. The van der Waals surface area contributed by atoms with E-state index in [-0.39, 0.29) is 22.5 Å². The van der Waals surface area contributed by atoms with Crippen LogP contribution >= 0.6 is 11.6 Å². The smallest absolute Gasteiger partial charge is 0.349 e. The number of fused-ring (bicyclic) bond motifs is 1. The molecule has 150 valence electrons. The number of amides is 1. The van der Waals surface area contributed by atoms with E-state index in [0.717, 1.165) is 23.0 Å². The Balaban J connectivity index is 1.78. The third-order valence-corrected chi connectivity index (χ3v) is 4.48. The Kier molecular flexibility index (Phi) is 4.80. The molecule has 2 aromatic carbocycles. The van der Waals surface area contributed by atoms with Crippen molar-refractivity contribution in [3.63, 3.8) is 0 Å². The number of aromatic nitrogens is 2. The molecule has 0 radical (unpaired) electrons. The summed E-state index contributed by atoms with van der Waals surface area (Å²) in [5.41, 5.74) is -1.04. The Morgan fingerprint density at radius 2 is 1.83 bits per heavy atom. The Labute approximate surface area is 172 Å². The lowest BCUT2D eigenvalue weighted by Gasteiger charge is -2.10. The average molecular weight is 428 g/mol. The lowest BCUT2D eigenvalue weighted by Crippen LogP contribution is -2.23. The number of anilines is 1. The average Bonchev–Trinajstić information content (AvgIpc) is 3.12. The number of carbonyl (C=O) groups excluding carboxylic acids is 1. The van der Waals surface area contributed by atoms with Crippen molar-refractivity contribution in [2.24, 2.45) is 0 Å². The molecular formula is C20H11ClFN3O5. The van der Waals surface area contributed by atoms with Crippen LogP contribution in [0.1, 0.15) is 20.7 Å². The summed E-state index contributed by atoms with van der Waals surface area (Å²) < 4.78 is 19.5. The van der Waals surface area contributed by atoms with Gasteiger partial charge in [-0.15, -0.1) is 0 Å². The summed E-state index contributed by atoms with van der Waals surface area (Å²) >= 11 is 5.94. The maximum Gasteiger partial charge on any atom is 0.349 e. The summed E-state index contributed by atoms with van der Waals surface area (Å²) in [7, 11) is 0. The highest BCUT2D eigenvalue weighted by molar-refractivity contribution is 6.31. The zero-order valence-corrected chi connectivity index (χ0v) is 15.7. The highest BCUT2D eigenvalue weighted by Gasteiger charge is 2.22. The van der Waals surface area contributed by atoms with Crippen LogP contribution in [0, 0.1) is 5.82 Å². The molecule has 0 aliphatic heterocycles. The molecule has 0 spiro atoms. The molecule has 1 amide bonds. The van der Waals surface area contributed by atoms with Gasteiger partial charge in [-0.25, -0.2) is 18.7 Å². The standard InChI is InChI=1S/C20H11ClFN3O5/c21-11-1-6-16-10(7-11)8-14(20(29)30-16)18(26)24-17-15(19(27)28)9-23-25(17)13-4-2-12(22)3-5-13/h1-9H,(H,24,26)(H,27,28). The van der Waals surface area contributed by atoms with E-state index in [0.29, 0.717) is 16.1 Å².